The topological polar surface area (TPSA) is 55.4 Å². The van der Waals surface area contributed by atoms with Gasteiger partial charge in [-0.05, 0) is 56.9 Å². The molecule has 1 amide bonds. The van der Waals surface area contributed by atoms with Crippen molar-refractivity contribution in [2.75, 3.05) is 5.75 Å². The van der Waals surface area contributed by atoms with Crippen LogP contribution >= 0.6 is 11.8 Å². The summed E-state index contributed by atoms with van der Waals surface area (Å²) in [6, 6.07) is 6.55. The quantitative estimate of drug-likeness (QED) is 0.619. The summed E-state index contributed by atoms with van der Waals surface area (Å²) in [5, 5.41) is 2.83. The molecular weight excluding hydrogens is 298 g/mol. The molecule has 1 atom stereocenters. The molecule has 0 bridgehead atoms. The van der Waals surface area contributed by atoms with Crippen LogP contribution in [-0.2, 0) is 14.3 Å². The minimum absolute atomic E-state index is 0.197. The van der Waals surface area contributed by atoms with Crippen molar-refractivity contribution in [3.63, 3.8) is 0 Å². The maximum absolute atomic E-state index is 11.8. The largest absolute Gasteiger partial charge is 0.453 e. The number of amides is 1. The third-order valence-electron chi connectivity index (χ3n) is 3.65. The number of rotatable bonds is 7. The first kappa shape index (κ1) is 16.9. The smallest absolute Gasteiger partial charge is 0.307 e. The Morgan fingerprint density at radius 1 is 1.32 bits per heavy atom. The predicted molar refractivity (Wildman–Crippen MR) is 88.0 cm³/mol. The second kappa shape index (κ2) is 7.68. The number of benzene rings is 1. The zero-order chi connectivity index (χ0) is 16.1. The van der Waals surface area contributed by atoms with Gasteiger partial charge in [0.05, 0.1) is 6.42 Å². The van der Waals surface area contributed by atoms with E-state index >= 15 is 0 Å². The third kappa shape index (κ3) is 5.37. The summed E-state index contributed by atoms with van der Waals surface area (Å²) < 4.78 is 5.16. The Hall–Kier alpha value is -1.49. The van der Waals surface area contributed by atoms with Gasteiger partial charge in [-0.1, -0.05) is 6.07 Å². The van der Waals surface area contributed by atoms with Gasteiger partial charge >= 0.3 is 5.97 Å². The van der Waals surface area contributed by atoms with E-state index in [1.165, 1.54) is 11.1 Å². The lowest BCUT2D eigenvalue weighted by Gasteiger charge is -2.13. The monoisotopic (exact) mass is 321 g/mol. The van der Waals surface area contributed by atoms with Crippen molar-refractivity contribution < 1.29 is 14.3 Å². The number of hydrogen-bond acceptors (Lipinski definition) is 4. The van der Waals surface area contributed by atoms with E-state index in [0.717, 1.165) is 17.7 Å². The first-order valence-corrected chi connectivity index (χ1v) is 8.64. The van der Waals surface area contributed by atoms with Crippen LogP contribution in [0.5, 0.6) is 0 Å². The van der Waals surface area contributed by atoms with Crippen LogP contribution in [0.3, 0.4) is 0 Å². The maximum atomic E-state index is 11.8. The molecule has 1 aliphatic carbocycles. The lowest BCUT2D eigenvalue weighted by atomic mass is 10.1. The van der Waals surface area contributed by atoms with Gasteiger partial charge in [0.25, 0.3) is 5.91 Å². The zero-order valence-electron chi connectivity index (χ0n) is 13.3. The minimum Gasteiger partial charge on any atom is -0.453 e. The maximum Gasteiger partial charge on any atom is 0.307 e. The summed E-state index contributed by atoms with van der Waals surface area (Å²) in [4.78, 5) is 24.6. The highest BCUT2D eigenvalue weighted by atomic mass is 32.2. The molecule has 0 aromatic heterocycles. The molecule has 5 heteroatoms. The predicted octanol–water partition coefficient (Wildman–Crippen LogP) is 3.00. The molecule has 0 heterocycles. The first-order chi connectivity index (χ1) is 10.5. The van der Waals surface area contributed by atoms with E-state index in [9.17, 15) is 9.59 Å². The fourth-order valence-corrected chi connectivity index (χ4v) is 2.84. The molecule has 0 saturated heterocycles. The molecule has 0 radical (unpaired) electrons. The molecule has 1 aliphatic rings. The lowest BCUT2D eigenvalue weighted by molar-refractivity contribution is -0.154. The van der Waals surface area contributed by atoms with Crippen LogP contribution in [0.1, 0.15) is 37.3 Å². The molecule has 2 rings (SSSR count). The first-order valence-electron chi connectivity index (χ1n) is 7.65. The lowest BCUT2D eigenvalue weighted by Crippen LogP contribution is -2.37. The highest BCUT2D eigenvalue weighted by molar-refractivity contribution is 7.99. The molecule has 0 spiro atoms. The molecule has 1 N–H and O–H groups in total. The van der Waals surface area contributed by atoms with E-state index in [1.807, 2.05) is 0 Å². The molecule has 0 aliphatic heterocycles. The molecule has 0 unspecified atom stereocenters. The van der Waals surface area contributed by atoms with Crippen LogP contribution in [-0.4, -0.2) is 29.8 Å². The number of ether oxygens (including phenoxy) is 1. The van der Waals surface area contributed by atoms with E-state index in [2.05, 4.69) is 37.4 Å². The van der Waals surface area contributed by atoms with Gasteiger partial charge in [-0.3, -0.25) is 9.59 Å². The number of hydrogen-bond donors (Lipinski definition) is 1. The summed E-state index contributed by atoms with van der Waals surface area (Å²) in [5.41, 5.74) is 2.51. The highest BCUT2D eigenvalue weighted by Crippen LogP contribution is 2.22. The van der Waals surface area contributed by atoms with Crippen molar-refractivity contribution >= 4 is 23.6 Å². The zero-order valence-corrected chi connectivity index (χ0v) is 14.2. The van der Waals surface area contributed by atoms with Gasteiger partial charge < -0.3 is 10.1 Å². The van der Waals surface area contributed by atoms with Gasteiger partial charge in [-0.2, -0.15) is 0 Å². The Balaban J connectivity index is 1.68. The van der Waals surface area contributed by atoms with Crippen LogP contribution < -0.4 is 5.32 Å². The van der Waals surface area contributed by atoms with E-state index < -0.39 is 6.10 Å². The summed E-state index contributed by atoms with van der Waals surface area (Å²) in [7, 11) is 0. The van der Waals surface area contributed by atoms with Crippen LogP contribution in [0.25, 0.3) is 0 Å². The number of thioether (sulfide) groups is 1. The average molecular weight is 321 g/mol. The standard InChI is InChI=1S/C17H23NO3S/c1-11-4-7-15(10-12(11)2)22-9-8-16(19)21-13(3)17(20)18-14-5-6-14/h4,7,10,13-14H,5-6,8-9H2,1-3H3,(H,18,20)/t13-/m0/s1. The Bertz CT molecular complexity index is 555. The van der Waals surface area contributed by atoms with Crippen molar-refractivity contribution in [1.29, 1.82) is 0 Å². The van der Waals surface area contributed by atoms with Gasteiger partial charge in [0, 0.05) is 16.7 Å². The Kier molecular flexibility index (Phi) is 5.89. The summed E-state index contributed by atoms with van der Waals surface area (Å²) in [6.45, 7) is 5.77. The molecule has 1 fully saturated rings. The van der Waals surface area contributed by atoms with E-state index in [1.54, 1.807) is 18.7 Å². The fourth-order valence-electron chi connectivity index (χ4n) is 1.91. The number of carbonyl (C=O) groups excluding carboxylic acids is 2. The molecule has 1 aromatic rings. The second-order valence-electron chi connectivity index (χ2n) is 5.76. The van der Waals surface area contributed by atoms with Crippen molar-refractivity contribution in [2.45, 2.75) is 57.1 Å². The van der Waals surface area contributed by atoms with Gasteiger partial charge in [0.2, 0.25) is 0 Å². The molecular formula is C17H23NO3S. The SMILES string of the molecule is Cc1ccc(SCCC(=O)O[C@@H](C)C(=O)NC2CC2)cc1C. The average Bonchev–Trinajstić information content (AvgIpc) is 3.26. The van der Waals surface area contributed by atoms with Crippen molar-refractivity contribution in [2.24, 2.45) is 0 Å². The highest BCUT2D eigenvalue weighted by Gasteiger charge is 2.27. The third-order valence-corrected chi connectivity index (χ3v) is 4.65. The molecule has 22 heavy (non-hydrogen) atoms. The number of carbonyl (C=O) groups is 2. The Morgan fingerprint density at radius 3 is 2.68 bits per heavy atom. The van der Waals surface area contributed by atoms with Crippen molar-refractivity contribution in [3.8, 4) is 0 Å². The fraction of sp³-hybridized carbons (Fsp3) is 0.529. The Morgan fingerprint density at radius 2 is 2.05 bits per heavy atom. The number of nitrogens with one attached hydrogen (secondary N) is 1. The van der Waals surface area contributed by atoms with Crippen LogP contribution in [0.2, 0.25) is 0 Å². The Labute approximate surface area is 136 Å². The minimum atomic E-state index is -0.709. The normalized spacial score (nSPS) is 15.2. The number of aryl methyl sites for hydroxylation is 2. The van der Waals surface area contributed by atoms with E-state index in [4.69, 9.17) is 4.74 Å². The number of esters is 1. The second-order valence-corrected chi connectivity index (χ2v) is 6.93. The van der Waals surface area contributed by atoms with Crippen molar-refractivity contribution in [3.05, 3.63) is 29.3 Å². The molecule has 4 nitrogen and oxygen atoms in total. The van der Waals surface area contributed by atoms with Gasteiger partial charge in [-0.15, -0.1) is 11.8 Å². The summed E-state index contributed by atoms with van der Waals surface area (Å²) >= 11 is 1.63. The van der Waals surface area contributed by atoms with Crippen LogP contribution in [0.4, 0.5) is 0 Å². The van der Waals surface area contributed by atoms with E-state index in [-0.39, 0.29) is 17.9 Å². The summed E-state index contributed by atoms with van der Waals surface area (Å²) in [5.74, 6) is 0.130. The van der Waals surface area contributed by atoms with Crippen molar-refractivity contribution in [1.82, 2.24) is 5.32 Å². The van der Waals surface area contributed by atoms with Crippen LogP contribution in [0, 0.1) is 13.8 Å². The van der Waals surface area contributed by atoms with E-state index in [0.29, 0.717) is 12.2 Å². The van der Waals surface area contributed by atoms with Crippen LogP contribution in [0.15, 0.2) is 23.1 Å². The molecule has 120 valence electrons. The van der Waals surface area contributed by atoms with Gasteiger partial charge in [-0.25, -0.2) is 0 Å². The van der Waals surface area contributed by atoms with Gasteiger partial charge in [0.1, 0.15) is 0 Å². The summed E-state index contributed by atoms with van der Waals surface area (Å²) in [6.07, 6.45) is 1.65. The van der Waals surface area contributed by atoms with Gasteiger partial charge in [0.15, 0.2) is 6.10 Å². The molecule has 1 aromatic carbocycles. The molecule has 1 saturated carbocycles.